The van der Waals surface area contributed by atoms with E-state index in [1.54, 1.807) is 24.4 Å². The molecular weight excluding hydrogens is 272 g/mol. The van der Waals surface area contributed by atoms with Crippen LogP contribution >= 0.6 is 11.6 Å². The van der Waals surface area contributed by atoms with Gasteiger partial charge in [0, 0.05) is 23.3 Å². The van der Waals surface area contributed by atoms with Crippen LogP contribution < -0.4 is 5.32 Å². The van der Waals surface area contributed by atoms with Gasteiger partial charge in [-0.15, -0.1) is 0 Å². The molecule has 0 unspecified atom stereocenters. The molecular formula is C16H15ClN2O. The van der Waals surface area contributed by atoms with Crippen molar-refractivity contribution in [2.75, 3.05) is 0 Å². The van der Waals surface area contributed by atoms with Crippen LogP contribution in [0.1, 0.15) is 22.8 Å². The molecule has 2 aromatic carbocycles. The third-order valence-corrected chi connectivity index (χ3v) is 2.96. The Morgan fingerprint density at radius 3 is 2.80 bits per heavy atom. The van der Waals surface area contributed by atoms with Crippen molar-refractivity contribution in [3.8, 4) is 0 Å². The molecule has 1 N–H and O–H groups in total. The van der Waals surface area contributed by atoms with Gasteiger partial charge in [-0.05, 0) is 42.8 Å². The van der Waals surface area contributed by atoms with E-state index in [1.807, 2.05) is 37.3 Å². The number of hydrogen-bond donors (Lipinski definition) is 1. The molecule has 102 valence electrons. The van der Waals surface area contributed by atoms with E-state index in [-0.39, 0.29) is 5.91 Å². The maximum absolute atomic E-state index is 12.1. The molecule has 0 aliphatic heterocycles. The summed E-state index contributed by atoms with van der Waals surface area (Å²) in [6.45, 7) is 2.28. The highest BCUT2D eigenvalue weighted by atomic mass is 35.5. The second-order valence-electron chi connectivity index (χ2n) is 4.25. The summed E-state index contributed by atoms with van der Waals surface area (Å²) in [4.78, 5) is 16.2. The second kappa shape index (κ2) is 6.87. The molecule has 1 amide bonds. The van der Waals surface area contributed by atoms with E-state index in [4.69, 9.17) is 11.6 Å². The predicted molar refractivity (Wildman–Crippen MR) is 82.9 cm³/mol. The topological polar surface area (TPSA) is 41.5 Å². The number of halogens is 1. The molecule has 20 heavy (non-hydrogen) atoms. The van der Waals surface area contributed by atoms with E-state index in [2.05, 4.69) is 10.3 Å². The van der Waals surface area contributed by atoms with E-state index in [0.29, 0.717) is 17.1 Å². The molecule has 0 heterocycles. The van der Waals surface area contributed by atoms with Crippen LogP contribution in [0.15, 0.2) is 53.5 Å². The summed E-state index contributed by atoms with van der Waals surface area (Å²) < 4.78 is 0. The van der Waals surface area contributed by atoms with Gasteiger partial charge in [0.2, 0.25) is 0 Å². The molecule has 0 aliphatic carbocycles. The Bertz CT molecular complexity index is 638. The van der Waals surface area contributed by atoms with Gasteiger partial charge in [-0.2, -0.15) is 0 Å². The van der Waals surface area contributed by atoms with E-state index in [0.717, 1.165) is 11.3 Å². The Morgan fingerprint density at radius 2 is 2.05 bits per heavy atom. The largest absolute Gasteiger partial charge is 0.348 e. The van der Waals surface area contributed by atoms with Gasteiger partial charge in [-0.3, -0.25) is 9.79 Å². The van der Waals surface area contributed by atoms with Crippen molar-refractivity contribution in [3.05, 3.63) is 64.7 Å². The highest BCUT2D eigenvalue weighted by molar-refractivity contribution is 6.30. The first-order valence-corrected chi connectivity index (χ1v) is 6.68. The minimum Gasteiger partial charge on any atom is -0.348 e. The maximum Gasteiger partial charge on any atom is 0.251 e. The van der Waals surface area contributed by atoms with E-state index < -0.39 is 0 Å². The van der Waals surface area contributed by atoms with Gasteiger partial charge in [0.05, 0.1) is 5.69 Å². The normalized spacial score (nSPS) is 10.7. The molecule has 0 saturated carbocycles. The minimum atomic E-state index is -0.127. The summed E-state index contributed by atoms with van der Waals surface area (Å²) in [5.74, 6) is -0.127. The van der Waals surface area contributed by atoms with E-state index >= 15 is 0 Å². The highest BCUT2D eigenvalue weighted by Gasteiger charge is 2.05. The van der Waals surface area contributed by atoms with Crippen LogP contribution in [0.3, 0.4) is 0 Å². The lowest BCUT2D eigenvalue weighted by molar-refractivity contribution is 0.0951. The van der Waals surface area contributed by atoms with Crippen molar-refractivity contribution in [1.29, 1.82) is 0 Å². The highest BCUT2D eigenvalue weighted by Crippen LogP contribution is 2.14. The maximum atomic E-state index is 12.1. The number of nitrogens with zero attached hydrogens (tertiary/aromatic N) is 1. The lowest BCUT2D eigenvalue weighted by Crippen LogP contribution is -2.22. The molecule has 0 fully saturated rings. The summed E-state index contributed by atoms with van der Waals surface area (Å²) in [7, 11) is 0. The zero-order valence-corrected chi connectivity index (χ0v) is 11.9. The first kappa shape index (κ1) is 14.3. The predicted octanol–water partition coefficient (Wildman–Crippen LogP) is 3.99. The van der Waals surface area contributed by atoms with Gasteiger partial charge >= 0.3 is 0 Å². The molecule has 0 atom stereocenters. The SMILES string of the molecule is CC=Nc1cccc(C(=O)NCc2cccc(Cl)c2)c1. The number of nitrogens with one attached hydrogen (secondary N) is 1. The van der Waals surface area contributed by atoms with E-state index in [1.165, 1.54) is 0 Å². The number of amides is 1. The molecule has 3 nitrogen and oxygen atoms in total. The zero-order valence-electron chi connectivity index (χ0n) is 11.1. The van der Waals surface area contributed by atoms with Crippen LogP contribution in [0, 0.1) is 0 Å². The van der Waals surface area contributed by atoms with Gasteiger partial charge in [-0.25, -0.2) is 0 Å². The fourth-order valence-electron chi connectivity index (χ4n) is 1.81. The molecule has 2 aromatic rings. The van der Waals surface area contributed by atoms with Crippen molar-refractivity contribution in [2.45, 2.75) is 13.5 Å². The molecule has 0 saturated heterocycles. The number of carbonyl (C=O) groups excluding carboxylic acids is 1. The average Bonchev–Trinajstić information content (AvgIpc) is 2.45. The molecule has 0 spiro atoms. The van der Waals surface area contributed by atoms with Crippen molar-refractivity contribution in [2.24, 2.45) is 4.99 Å². The smallest absolute Gasteiger partial charge is 0.251 e. The number of rotatable bonds is 4. The van der Waals surface area contributed by atoms with Crippen molar-refractivity contribution in [1.82, 2.24) is 5.32 Å². The molecule has 0 aromatic heterocycles. The Balaban J connectivity index is 2.03. The Morgan fingerprint density at radius 1 is 1.25 bits per heavy atom. The lowest BCUT2D eigenvalue weighted by atomic mass is 10.1. The lowest BCUT2D eigenvalue weighted by Gasteiger charge is -2.06. The van der Waals surface area contributed by atoms with Crippen LogP contribution in [0.2, 0.25) is 5.02 Å². The van der Waals surface area contributed by atoms with Gasteiger partial charge in [-0.1, -0.05) is 29.8 Å². The zero-order chi connectivity index (χ0) is 14.4. The fourth-order valence-corrected chi connectivity index (χ4v) is 2.02. The van der Waals surface area contributed by atoms with Crippen LogP contribution in [-0.4, -0.2) is 12.1 Å². The third kappa shape index (κ3) is 3.93. The molecule has 0 aliphatic rings. The van der Waals surface area contributed by atoms with Gasteiger partial charge in [0.25, 0.3) is 5.91 Å². The summed E-state index contributed by atoms with van der Waals surface area (Å²) in [6.07, 6.45) is 1.70. The Labute approximate surface area is 123 Å². The first-order chi connectivity index (χ1) is 9.69. The van der Waals surface area contributed by atoms with Gasteiger partial charge < -0.3 is 5.32 Å². The molecule has 2 rings (SSSR count). The molecule has 0 bridgehead atoms. The van der Waals surface area contributed by atoms with Crippen molar-refractivity contribution in [3.63, 3.8) is 0 Å². The second-order valence-corrected chi connectivity index (χ2v) is 4.69. The summed E-state index contributed by atoms with van der Waals surface area (Å²) in [5.41, 5.74) is 2.33. The van der Waals surface area contributed by atoms with Gasteiger partial charge in [0.1, 0.15) is 0 Å². The third-order valence-electron chi connectivity index (χ3n) is 2.73. The molecule has 0 radical (unpaired) electrons. The quantitative estimate of drug-likeness (QED) is 0.848. The summed E-state index contributed by atoms with van der Waals surface area (Å²) in [5, 5.41) is 3.53. The van der Waals surface area contributed by atoms with E-state index in [9.17, 15) is 4.79 Å². The van der Waals surface area contributed by atoms with Crippen molar-refractivity contribution >= 4 is 29.4 Å². The van der Waals surface area contributed by atoms with Crippen LogP contribution in [0.25, 0.3) is 0 Å². The van der Waals surface area contributed by atoms with Crippen LogP contribution in [-0.2, 0) is 6.54 Å². The number of aliphatic imine (C=N–C) groups is 1. The number of benzene rings is 2. The standard InChI is InChI=1S/C16H15ClN2O/c1-2-18-15-8-4-6-13(10-15)16(20)19-11-12-5-3-7-14(17)9-12/h2-10H,11H2,1H3,(H,19,20). The number of hydrogen-bond acceptors (Lipinski definition) is 2. The molecule has 4 heteroatoms. The average molecular weight is 287 g/mol. The Hall–Kier alpha value is -2.13. The minimum absolute atomic E-state index is 0.127. The Kier molecular flexibility index (Phi) is 4.91. The van der Waals surface area contributed by atoms with Crippen LogP contribution in [0.5, 0.6) is 0 Å². The monoisotopic (exact) mass is 286 g/mol. The fraction of sp³-hybridized carbons (Fsp3) is 0.125. The van der Waals surface area contributed by atoms with Crippen molar-refractivity contribution < 1.29 is 4.79 Å². The van der Waals surface area contributed by atoms with Crippen LogP contribution in [0.4, 0.5) is 5.69 Å². The number of carbonyl (C=O) groups is 1. The summed E-state index contributed by atoms with van der Waals surface area (Å²) in [6, 6.07) is 14.6. The van der Waals surface area contributed by atoms with Gasteiger partial charge in [0.15, 0.2) is 0 Å². The summed E-state index contributed by atoms with van der Waals surface area (Å²) >= 11 is 5.90. The first-order valence-electron chi connectivity index (χ1n) is 6.30.